The average Bonchev–Trinajstić information content (AvgIpc) is 2.20. The van der Waals surface area contributed by atoms with E-state index in [1.165, 1.54) is 6.07 Å². The van der Waals surface area contributed by atoms with Crippen LogP contribution in [0.25, 0.3) is 0 Å². The zero-order chi connectivity index (χ0) is 11.5. The number of benzene rings is 1. The summed E-state index contributed by atoms with van der Waals surface area (Å²) in [5.41, 5.74) is 6.05. The molecule has 0 spiro atoms. The number of rotatable bonds is 4. The molecule has 0 unspecified atom stereocenters. The smallest absolute Gasteiger partial charge is 0.127 e. The fourth-order valence-electron chi connectivity index (χ4n) is 1.09. The monoisotopic (exact) mass is 274 g/mol. The predicted octanol–water partition coefficient (Wildman–Crippen LogP) is 2.42. The van der Waals surface area contributed by atoms with E-state index in [2.05, 4.69) is 21.2 Å². The van der Waals surface area contributed by atoms with Crippen molar-refractivity contribution in [3.05, 3.63) is 34.1 Å². The van der Waals surface area contributed by atoms with Gasteiger partial charge >= 0.3 is 0 Å². The Morgan fingerprint density at radius 1 is 1.47 bits per heavy atom. The minimum Gasteiger partial charge on any atom is -0.329 e. The summed E-state index contributed by atoms with van der Waals surface area (Å²) in [6.45, 7) is 4.98. The van der Waals surface area contributed by atoms with E-state index in [0.29, 0.717) is 18.7 Å². The maximum absolute atomic E-state index is 13.4. The number of hydrogen-bond acceptors (Lipinski definition) is 2. The van der Waals surface area contributed by atoms with Crippen molar-refractivity contribution in [1.29, 1.82) is 0 Å². The van der Waals surface area contributed by atoms with Crippen LogP contribution < -0.4 is 11.1 Å². The Morgan fingerprint density at radius 2 is 2.13 bits per heavy atom. The second-order valence-corrected chi connectivity index (χ2v) is 5.09. The molecule has 1 aromatic rings. The molecule has 0 heterocycles. The third-order valence-corrected chi connectivity index (χ3v) is 2.77. The minimum absolute atomic E-state index is 0.172. The SMILES string of the molecule is CC(C)(CN)NCc1cc(Br)ccc1F. The first-order valence-electron chi connectivity index (χ1n) is 4.83. The van der Waals surface area contributed by atoms with Gasteiger partial charge in [-0.1, -0.05) is 15.9 Å². The number of nitrogens with two attached hydrogens (primary N) is 1. The van der Waals surface area contributed by atoms with Crippen molar-refractivity contribution in [2.75, 3.05) is 6.54 Å². The zero-order valence-corrected chi connectivity index (χ0v) is 10.6. The van der Waals surface area contributed by atoms with Crippen molar-refractivity contribution >= 4 is 15.9 Å². The van der Waals surface area contributed by atoms with Crippen molar-refractivity contribution in [2.45, 2.75) is 25.9 Å². The summed E-state index contributed by atoms with van der Waals surface area (Å²) in [4.78, 5) is 0. The third-order valence-electron chi connectivity index (χ3n) is 2.28. The lowest BCUT2D eigenvalue weighted by atomic mass is 10.1. The summed E-state index contributed by atoms with van der Waals surface area (Å²) in [6, 6.07) is 4.92. The van der Waals surface area contributed by atoms with E-state index >= 15 is 0 Å². The summed E-state index contributed by atoms with van der Waals surface area (Å²) in [6.07, 6.45) is 0. The normalized spacial score (nSPS) is 11.8. The topological polar surface area (TPSA) is 38.0 Å². The number of nitrogens with one attached hydrogen (secondary N) is 1. The van der Waals surface area contributed by atoms with Crippen molar-refractivity contribution in [3.8, 4) is 0 Å². The van der Waals surface area contributed by atoms with Crippen molar-refractivity contribution < 1.29 is 4.39 Å². The van der Waals surface area contributed by atoms with E-state index in [9.17, 15) is 4.39 Å². The number of halogens is 2. The molecule has 15 heavy (non-hydrogen) atoms. The number of hydrogen-bond donors (Lipinski definition) is 2. The van der Waals surface area contributed by atoms with Crippen molar-refractivity contribution in [1.82, 2.24) is 5.32 Å². The molecule has 1 aromatic carbocycles. The Kier molecular flexibility index (Phi) is 4.25. The molecule has 0 amide bonds. The zero-order valence-electron chi connectivity index (χ0n) is 8.98. The van der Waals surface area contributed by atoms with Gasteiger partial charge in [0.15, 0.2) is 0 Å². The highest BCUT2D eigenvalue weighted by Gasteiger charge is 2.14. The molecule has 3 N–H and O–H groups in total. The maximum Gasteiger partial charge on any atom is 0.127 e. The molecule has 84 valence electrons. The summed E-state index contributed by atoms with van der Waals surface area (Å²) >= 11 is 3.31. The molecule has 4 heteroatoms. The molecule has 0 atom stereocenters. The van der Waals surface area contributed by atoms with Gasteiger partial charge in [-0.2, -0.15) is 0 Å². The molecule has 0 aromatic heterocycles. The van der Waals surface area contributed by atoms with Crippen molar-refractivity contribution in [2.24, 2.45) is 5.73 Å². The van der Waals surface area contributed by atoms with Crippen LogP contribution in [0.2, 0.25) is 0 Å². The molecular weight excluding hydrogens is 259 g/mol. The van der Waals surface area contributed by atoms with Crippen LogP contribution in [0.15, 0.2) is 22.7 Å². The fourth-order valence-corrected chi connectivity index (χ4v) is 1.49. The van der Waals surface area contributed by atoms with Gasteiger partial charge in [-0.3, -0.25) is 0 Å². The van der Waals surface area contributed by atoms with Crippen molar-refractivity contribution in [3.63, 3.8) is 0 Å². The summed E-state index contributed by atoms with van der Waals surface area (Å²) in [7, 11) is 0. The Morgan fingerprint density at radius 3 is 2.73 bits per heavy atom. The van der Waals surface area contributed by atoms with Crippen LogP contribution in [0.3, 0.4) is 0 Å². The Bertz CT molecular complexity index is 339. The van der Waals surface area contributed by atoms with Crippen LogP contribution in [0.1, 0.15) is 19.4 Å². The van der Waals surface area contributed by atoms with Crippen LogP contribution in [-0.4, -0.2) is 12.1 Å². The second kappa shape index (κ2) is 5.05. The lowest BCUT2D eigenvalue weighted by molar-refractivity contribution is 0.392. The molecule has 0 aliphatic heterocycles. The van der Waals surface area contributed by atoms with Crippen LogP contribution in [0.5, 0.6) is 0 Å². The first kappa shape index (κ1) is 12.6. The van der Waals surface area contributed by atoms with Crippen LogP contribution in [0.4, 0.5) is 4.39 Å². The van der Waals surface area contributed by atoms with E-state index in [1.807, 2.05) is 13.8 Å². The van der Waals surface area contributed by atoms with Crippen LogP contribution >= 0.6 is 15.9 Å². The van der Waals surface area contributed by atoms with E-state index in [0.717, 1.165) is 4.47 Å². The van der Waals surface area contributed by atoms with Gasteiger partial charge in [0.2, 0.25) is 0 Å². The van der Waals surface area contributed by atoms with Gasteiger partial charge in [0, 0.05) is 28.7 Å². The molecule has 0 aliphatic rings. The molecule has 1 rings (SSSR count). The average molecular weight is 275 g/mol. The molecule has 2 nitrogen and oxygen atoms in total. The summed E-state index contributed by atoms with van der Waals surface area (Å²) < 4.78 is 14.2. The quantitative estimate of drug-likeness (QED) is 0.885. The molecular formula is C11H16BrFN2. The van der Waals surface area contributed by atoms with Gasteiger partial charge in [0.1, 0.15) is 5.82 Å². The molecule has 0 saturated heterocycles. The lowest BCUT2D eigenvalue weighted by Crippen LogP contribution is -2.45. The Hall–Kier alpha value is -0.450. The van der Waals surface area contributed by atoms with Gasteiger partial charge in [0.25, 0.3) is 0 Å². The summed E-state index contributed by atoms with van der Waals surface area (Å²) in [5, 5.41) is 3.21. The molecule has 0 radical (unpaired) electrons. The van der Waals surface area contributed by atoms with Crippen LogP contribution in [-0.2, 0) is 6.54 Å². The first-order chi connectivity index (χ1) is 6.94. The van der Waals surface area contributed by atoms with E-state index < -0.39 is 0 Å². The van der Waals surface area contributed by atoms with Gasteiger partial charge < -0.3 is 11.1 Å². The predicted molar refractivity (Wildman–Crippen MR) is 64.1 cm³/mol. The highest BCUT2D eigenvalue weighted by molar-refractivity contribution is 9.10. The first-order valence-corrected chi connectivity index (χ1v) is 5.63. The highest BCUT2D eigenvalue weighted by atomic mass is 79.9. The Labute approximate surface area is 98.2 Å². The minimum atomic E-state index is -0.196. The molecule has 0 saturated carbocycles. The molecule has 0 aliphatic carbocycles. The highest BCUT2D eigenvalue weighted by Crippen LogP contribution is 2.16. The van der Waals surface area contributed by atoms with E-state index in [-0.39, 0.29) is 11.4 Å². The second-order valence-electron chi connectivity index (χ2n) is 4.18. The maximum atomic E-state index is 13.4. The van der Waals surface area contributed by atoms with Gasteiger partial charge in [0.05, 0.1) is 0 Å². The fraction of sp³-hybridized carbons (Fsp3) is 0.455. The van der Waals surface area contributed by atoms with E-state index in [4.69, 9.17) is 5.73 Å². The molecule has 0 fully saturated rings. The molecule has 0 bridgehead atoms. The van der Waals surface area contributed by atoms with Gasteiger partial charge in [-0.25, -0.2) is 4.39 Å². The largest absolute Gasteiger partial charge is 0.329 e. The summed E-state index contributed by atoms with van der Waals surface area (Å²) in [5.74, 6) is -0.196. The van der Waals surface area contributed by atoms with Gasteiger partial charge in [-0.15, -0.1) is 0 Å². The standard InChI is InChI=1S/C11H16BrFN2/c1-11(2,7-14)15-6-8-5-9(12)3-4-10(8)13/h3-5,15H,6-7,14H2,1-2H3. The Balaban J connectivity index is 2.69. The lowest BCUT2D eigenvalue weighted by Gasteiger charge is -2.24. The van der Waals surface area contributed by atoms with E-state index in [1.54, 1.807) is 12.1 Å². The van der Waals surface area contributed by atoms with Gasteiger partial charge in [-0.05, 0) is 32.0 Å². The third kappa shape index (κ3) is 3.89. The van der Waals surface area contributed by atoms with Crippen LogP contribution in [0, 0.1) is 5.82 Å².